The van der Waals surface area contributed by atoms with Gasteiger partial charge in [-0.15, -0.1) is 0 Å². The zero-order valence-electron chi connectivity index (χ0n) is 14.8. The summed E-state index contributed by atoms with van der Waals surface area (Å²) in [4.78, 5) is 26.0. The molecule has 0 aliphatic rings. The number of amides is 1. The zero-order chi connectivity index (χ0) is 18.2. The van der Waals surface area contributed by atoms with Crippen molar-refractivity contribution < 1.29 is 9.59 Å². The fourth-order valence-corrected chi connectivity index (χ4v) is 2.50. The molecule has 0 aromatic heterocycles. The summed E-state index contributed by atoms with van der Waals surface area (Å²) < 4.78 is 0. The molecule has 0 saturated carbocycles. The molecule has 2 aromatic carbocycles. The highest BCUT2D eigenvalue weighted by Crippen LogP contribution is 2.17. The number of ketones is 1. The van der Waals surface area contributed by atoms with Gasteiger partial charge in [-0.25, -0.2) is 0 Å². The van der Waals surface area contributed by atoms with E-state index in [0.29, 0.717) is 37.1 Å². The second-order valence-electron chi connectivity index (χ2n) is 6.27. The van der Waals surface area contributed by atoms with E-state index in [9.17, 15) is 9.59 Å². The van der Waals surface area contributed by atoms with Gasteiger partial charge in [0.25, 0.3) is 0 Å². The number of anilines is 3. The van der Waals surface area contributed by atoms with Crippen LogP contribution in [-0.2, 0) is 16.0 Å². The van der Waals surface area contributed by atoms with Crippen LogP contribution in [-0.4, -0.2) is 25.8 Å². The van der Waals surface area contributed by atoms with Gasteiger partial charge in [0.05, 0.1) is 11.4 Å². The Morgan fingerprint density at radius 3 is 2.32 bits per heavy atom. The first kappa shape index (κ1) is 18.5. The molecule has 0 aliphatic carbocycles. The van der Waals surface area contributed by atoms with E-state index in [0.717, 1.165) is 11.3 Å². The SMILES string of the molecule is CN(C)c1ccc(CC(=O)CCCC(=O)Nc2ccccc2N)cc1. The summed E-state index contributed by atoms with van der Waals surface area (Å²) in [6.07, 6.45) is 1.64. The molecular weight excluding hydrogens is 314 g/mol. The molecule has 0 radical (unpaired) electrons. The Bertz CT molecular complexity index is 724. The van der Waals surface area contributed by atoms with Crippen molar-refractivity contribution in [2.24, 2.45) is 0 Å². The lowest BCUT2D eigenvalue weighted by atomic mass is 10.0. The maximum Gasteiger partial charge on any atom is 0.224 e. The minimum atomic E-state index is -0.124. The second kappa shape index (κ2) is 8.87. The van der Waals surface area contributed by atoms with E-state index >= 15 is 0 Å². The van der Waals surface area contributed by atoms with Crippen molar-refractivity contribution in [3.05, 3.63) is 54.1 Å². The van der Waals surface area contributed by atoms with Crippen molar-refractivity contribution in [3.8, 4) is 0 Å². The maximum absolute atomic E-state index is 12.1. The van der Waals surface area contributed by atoms with Crippen LogP contribution in [0.25, 0.3) is 0 Å². The number of carbonyl (C=O) groups excluding carboxylic acids is 2. The summed E-state index contributed by atoms with van der Waals surface area (Å²) in [6.45, 7) is 0. The molecule has 2 aromatic rings. The van der Waals surface area contributed by atoms with Crippen molar-refractivity contribution in [2.45, 2.75) is 25.7 Å². The van der Waals surface area contributed by atoms with Crippen LogP contribution >= 0.6 is 0 Å². The van der Waals surface area contributed by atoms with Crippen LogP contribution in [0.1, 0.15) is 24.8 Å². The fraction of sp³-hybridized carbons (Fsp3) is 0.300. The molecule has 1 amide bonds. The number of rotatable bonds is 8. The summed E-state index contributed by atoms with van der Waals surface area (Å²) in [5.41, 5.74) is 9.04. The molecule has 0 unspecified atom stereocenters. The molecule has 0 heterocycles. The summed E-state index contributed by atoms with van der Waals surface area (Å²) in [6, 6.07) is 15.1. The number of para-hydroxylation sites is 2. The van der Waals surface area contributed by atoms with Crippen molar-refractivity contribution >= 4 is 28.8 Å². The van der Waals surface area contributed by atoms with Crippen LogP contribution < -0.4 is 16.0 Å². The minimum Gasteiger partial charge on any atom is -0.397 e. The standard InChI is InChI=1S/C20H25N3O2/c1-23(2)16-12-10-15(11-13-16)14-17(24)6-5-9-20(25)22-19-8-4-3-7-18(19)21/h3-4,7-8,10-13H,5-6,9,14,21H2,1-2H3,(H,22,25). The van der Waals surface area contributed by atoms with Gasteiger partial charge in [0, 0.05) is 39.0 Å². The smallest absolute Gasteiger partial charge is 0.224 e. The predicted molar refractivity (Wildman–Crippen MR) is 103 cm³/mol. The highest BCUT2D eigenvalue weighted by atomic mass is 16.1. The van der Waals surface area contributed by atoms with Gasteiger partial charge in [-0.2, -0.15) is 0 Å². The highest BCUT2D eigenvalue weighted by Gasteiger charge is 2.08. The molecule has 25 heavy (non-hydrogen) atoms. The van der Waals surface area contributed by atoms with Gasteiger partial charge in [0.1, 0.15) is 5.78 Å². The van der Waals surface area contributed by atoms with Crippen LogP contribution in [0.4, 0.5) is 17.1 Å². The monoisotopic (exact) mass is 339 g/mol. The second-order valence-corrected chi connectivity index (χ2v) is 6.27. The molecular formula is C20H25N3O2. The number of carbonyl (C=O) groups is 2. The summed E-state index contributed by atoms with van der Waals surface area (Å²) >= 11 is 0. The number of hydrogen-bond donors (Lipinski definition) is 2. The van der Waals surface area contributed by atoms with Gasteiger partial charge in [0.15, 0.2) is 0 Å². The first-order chi connectivity index (χ1) is 12.0. The topological polar surface area (TPSA) is 75.4 Å². The lowest BCUT2D eigenvalue weighted by Crippen LogP contribution is -2.13. The van der Waals surface area contributed by atoms with Gasteiger partial charge < -0.3 is 16.0 Å². The molecule has 2 rings (SSSR count). The average molecular weight is 339 g/mol. The van der Waals surface area contributed by atoms with E-state index in [1.165, 1.54) is 0 Å². The number of nitrogens with two attached hydrogens (primary N) is 1. The maximum atomic E-state index is 12.1. The van der Waals surface area contributed by atoms with Crippen molar-refractivity contribution in [2.75, 3.05) is 30.0 Å². The molecule has 3 N–H and O–H groups in total. The number of nitrogens with zero attached hydrogens (tertiary/aromatic N) is 1. The van der Waals surface area contributed by atoms with Crippen LogP contribution in [0.2, 0.25) is 0 Å². The molecule has 0 fully saturated rings. The Kier molecular flexibility index (Phi) is 6.57. The zero-order valence-corrected chi connectivity index (χ0v) is 14.8. The van der Waals surface area contributed by atoms with Crippen molar-refractivity contribution in [1.82, 2.24) is 0 Å². The fourth-order valence-electron chi connectivity index (χ4n) is 2.50. The molecule has 5 nitrogen and oxygen atoms in total. The minimum absolute atomic E-state index is 0.124. The lowest BCUT2D eigenvalue weighted by Gasteiger charge is -2.12. The number of Topliss-reactive ketones (excluding diaryl/α,β-unsaturated/α-hetero) is 1. The molecule has 0 aliphatic heterocycles. The van der Waals surface area contributed by atoms with Crippen LogP contribution in [0, 0.1) is 0 Å². The molecule has 5 heteroatoms. The lowest BCUT2D eigenvalue weighted by molar-refractivity contribution is -0.119. The highest BCUT2D eigenvalue weighted by molar-refractivity contribution is 5.94. The largest absolute Gasteiger partial charge is 0.397 e. The number of nitrogen functional groups attached to an aromatic ring is 1. The summed E-state index contributed by atoms with van der Waals surface area (Å²) in [7, 11) is 3.96. The summed E-state index contributed by atoms with van der Waals surface area (Å²) in [5, 5.41) is 2.77. The van der Waals surface area contributed by atoms with E-state index in [1.54, 1.807) is 12.1 Å². The average Bonchev–Trinajstić information content (AvgIpc) is 2.57. The number of nitrogens with one attached hydrogen (secondary N) is 1. The molecule has 0 spiro atoms. The Balaban J connectivity index is 1.73. The van der Waals surface area contributed by atoms with E-state index in [2.05, 4.69) is 5.32 Å². The van der Waals surface area contributed by atoms with Gasteiger partial charge in [0.2, 0.25) is 5.91 Å². The Morgan fingerprint density at radius 2 is 1.68 bits per heavy atom. The van der Waals surface area contributed by atoms with Crippen molar-refractivity contribution in [1.29, 1.82) is 0 Å². The predicted octanol–water partition coefficient (Wildman–Crippen LogP) is 3.26. The molecule has 0 atom stereocenters. The molecule has 0 saturated heterocycles. The first-order valence-electron chi connectivity index (χ1n) is 8.38. The normalized spacial score (nSPS) is 10.3. The van der Waals surface area contributed by atoms with Crippen LogP contribution in [0.5, 0.6) is 0 Å². The van der Waals surface area contributed by atoms with Crippen LogP contribution in [0.3, 0.4) is 0 Å². The number of benzene rings is 2. The first-order valence-corrected chi connectivity index (χ1v) is 8.38. The Morgan fingerprint density at radius 1 is 1.00 bits per heavy atom. The van der Waals surface area contributed by atoms with E-state index in [1.807, 2.05) is 55.4 Å². The van der Waals surface area contributed by atoms with Gasteiger partial charge in [-0.3, -0.25) is 9.59 Å². The Hall–Kier alpha value is -2.82. The van der Waals surface area contributed by atoms with Gasteiger partial charge in [-0.1, -0.05) is 24.3 Å². The quantitative estimate of drug-likeness (QED) is 0.724. The third-order valence-corrected chi connectivity index (χ3v) is 3.95. The van der Waals surface area contributed by atoms with E-state index in [-0.39, 0.29) is 11.7 Å². The summed E-state index contributed by atoms with van der Waals surface area (Å²) in [5.74, 6) is 0.0191. The Labute approximate surface area is 148 Å². The van der Waals surface area contributed by atoms with E-state index < -0.39 is 0 Å². The van der Waals surface area contributed by atoms with Gasteiger partial charge in [-0.05, 0) is 36.2 Å². The van der Waals surface area contributed by atoms with E-state index in [4.69, 9.17) is 5.73 Å². The third-order valence-electron chi connectivity index (χ3n) is 3.95. The van der Waals surface area contributed by atoms with Gasteiger partial charge >= 0.3 is 0 Å². The molecule has 132 valence electrons. The molecule has 0 bridgehead atoms. The number of hydrogen-bond acceptors (Lipinski definition) is 4. The van der Waals surface area contributed by atoms with Crippen molar-refractivity contribution in [3.63, 3.8) is 0 Å². The van der Waals surface area contributed by atoms with Crippen LogP contribution in [0.15, 0.2) is 48.5 Å². The third kappa shape index (κ3) is 5.95.